The first-order chi connectivity index (χ1) is 5.61. The second-order valence-electron chi connectivity index (χ2n) is 3.37. The van der Waals surface area contributed by atoms with Crippen molar-refractivity contribution in [2.24, 2.45) is 11.5 Å². The molecule has 1 aliphatic carbocycles. The van der Waals surface area contributed by atoms with E-state index in [1.165, 1.54) is 0 Å². The lowest BCUT2D eigenvalue weighted by Gasteiger charge is -2.37. The fourth-order valence-electron chi connectivity index (χ4n) is 1.78. The number of carbonyl (C=O) groups is 1. The molecule has 0 aromatic rings. The molecular weight excluding hydrogens is 156 g/mol. The molecule has 12 heavy (non-hydrogen) atoms. The molecule has 0 spiro atoms. The summed E-state index contributed by atoms with van der Waals surface area (Å²) in [5.41, 5.74) is 10.1. The molecule has 1 fully saturated rings. The van der Waals surface area contributed by atoms with Gasteiger partial charge in [0, 0.05) is 7.11 Å². The highest BCUT2D eigenvalue weighted by Crippen LogP contribution is 2.27. The van der Waals surface area contributed by atoms with Crippen molar-refractivity contribution in [2.75, 3.05) is 7.11 Å². The molecule has 0 saturated heterocycles. The maximum absolute atomic E-state index is 11.1. The zero-order valence-electron chi connectivity index (χ0n) is 7.38. The Labute approximate surface area is 72.2 Å². The summed E-state index contributed by atoms with van der Waals surface area (Å²) in [5, 5.41) is 0. The number of hydrogen-bond acceptors (Lipinski definition) is 3. The van der Waals surface area contributed by atoms with Crippen LogP contribution < -0.4 is 11.5 Å². The molecule has 1 amide bonds. The zero-order chi connectivity index (χ0) is 9.19. The highest BCUT2D eigenvalue weighted by molar-refractivity contribution is 5.85. The van der Waals surface area contributed by atoms with Gasteiger partial charge in [0.2, 0.25) is 5.91 Å². The third-order valence-corrected chi connectivity index (χ3v) is 2.62. The molecule has 4 N–H and O–H groups in total. The fraction of sp³-hybridized carbons (Fsp3) is 0.875. The van der Waals surface area contributed by atoms with Gasteiger partial charge in [-0.2, -0.15) is 0 Å². The topological polar surface area (TPSA) is 78.3 Å². The summed E-state index contributed by atoms with van der Waals surface area (Å²) in [4.78, 5) is 11.1. The van der Waals surface area contributed by atoms with Crippen LogP contribution in [-0.2, 0) is 9.53 Å². The minimum atomic E-state index is -0.938. The smallest absolute Gasteiger partial charge is 0.240 e. The molecular formula is C8H16N2O2. The average molecular weight is 172 g/mol. The zero-order valence-corrected chi connectivity index (χ0v) is 7.38. The molecule has 0 radical (unpaired) electrons. The molecule has 0 bridgehead atoms. The highest BCUT2D eigenvalue weighted by atomic mass is 16.5. The summed E-state index contributed by atoms with van der Waals surface area (Å²) in [7, 11) is 1.57. The lowest BCUT2D eigenvalue weighted by Crippen LogP contribution is -2.62. The van der Waals surface area contributed by atoms with Crippen LogP contribution in [-0.4, -0.2) is 24.7 Å². The minimum Gasteiger partial charge on any atom is -0.379 e. The Balaban J connectivity index is 2.75. The third-order valence-electron chi connectivity index (χ3n) is 2.62. The molecule has 70 valence electrons. The van der Waals surface area contributed by atoms with E-state index in [1.54, 1.807) is 7.11 Å². The lowest BCUT2D eigenvalue weighted by atomic mass is 9.79. The Hall–Kier alpha value is -0.610. The Morgan fingerprint density at radius 1 is 1.58 bits per heavy atom. The largest absolute Gasteiger partial charge is 0.379 e. The monoisotopic (exact) mass is 172 g/mol. The van der Waals surface area contributed by atoms with E-state index in [2.05, 4.69) is 0 Å². The normalized spacial score (nSPS) is 36.3. The summed E-state index contributed by atoms with van der Waals surface area (Å²) < 4.78 is 5.14. The van der Waals surface area contributed by atoms with Crippen molar-refractivity contribution in [3.8, 4) is 0 Å². The van der Waals surface area contributed by atoms with Gasteiger partial charge < -0.3 is 16.2 Å². The van der Waals surface area contributed by atoms with Crippen LogP contribution in [0, 0.1) is 0 Å². The van der Waals surface area contributed by atoms with E-state index in [0.717, 1.165) is 19.3 Å². The fourth-order valence-corrected chi connectivity index (χ4v) is 1.78. The van der Waals surface area contributed by atoms with E-state index < -0.39 is 11.4 Å². The van der Waals surface area contributed by atoms with Crippen LogP contribution in [0.3, 0.4) is 0 Å². The van der Waals surface area contributed by atoms with Crippen molar-refractivity contribution in [3.63, 3.8) is 0 Å². The Morgan fingerprint density at radius 2 is 2.25 bits per heavy atom. The minimum absolute atomic E-state index is 0.205. The molecule has 2 atom stereocenters. The number of ether oxygens (including phenoxy) is 1. The van der Waals surface area contributed by atoms with Crippen molar-refractivity contribution in [3.05, 3.63) is 0 Å². The molecule has 4 nitrogen and oxygen atoms in total. The predicted molar refractivity (Wildman–Crippen MR) is 45.4 cm³/mol. The van der Waals surface area contributed by atoms with Gasteiger partial charge in [-0.05, 0) is 12.8 Å². The van der Waals surface area contributed by atoms with Crippen molar-refractivity contribution in [1.82, 2.24) is 0 Å². The van der Waals surface area contributed by atoms with E-state index >= 15 is 0 Å². The van der Waals surface area contributed by atoms with Gasteiger partial charge in [-0.15, -0.1) is 0 Å². The van der Waals surface area contributed by atoms with Gasteiger partial charge in [-0.1, -0.05) is 12.8 Å². The molecule has 0 heterocycles. The van der Waals surface area contributed by atoms with Crippen molar-refractivity contribution >= 4 is 5.91 Å². The van der Waals surface area contributed by atoms with Crippen molar-refractivity contribution in [2.45, 2.75) is 37.3 Å². The first-order valence-corrected chi connectivity index (χ1v) is 4.23. The number of carbonyl (C=O) groups excluding carboxylic acids is 1. The molecule has 1 rings (SSSR count). The van der Waals surface area contributed by atoms with Crippen LogP contribution in [0.15, 0.2) is 0 Å². The van der Waals surface area contributed by atoms with Crippen LogP contribution in [0.5, 0.6) is 0 Å². The van der Waals surface area contributed by atoms with Crippen LogP contribution >= 0.6 is 0 Å². The third kappa shape index (κ3) is 1.44. The molecule has 0 unspecified atom stereocenters. The van der Waals surface area contributed by atoms with E-state index in [-0.39, 0.29) is 6.10 Å². The Morgan fingerprint density at radius 3 is 2.67 bits per heavy atom. The van der Waals surface area contributed by atoms with Crippen molar-refractivity contribution in [1.29, 1.82) is 0 Å². The second-order valence-corrected chi connectivity index (χ2v) is 3.37. The first kappa shape index (κ1) is 9.48. The standard InChI is InChI=1S/C8H16N2O2/c1-12-6-4-2-3-5-8(6,10)7(9)11/h6H,2-5,10H2,1H3,(H2,9,11)/t6-,8+/m0/s1. The SMILES string of the molecule is CO[C@H]1CCCC[C@]1(N)C(N)=O. The molecule has 1 saturated carbocycles. The first-order valence-electron chi connectivity index (χ1n) is 4.23. The van der Waals surface area contributed by atoms with Crippen LogP contribution in [0.4, 0.5) is 0 Å². The molecule has 0 aromatic heterocycles. The number of amides is 1. The summed E-state index contributed by atoms with van der Waals surface area (Å²) in [6.45, 7) is 0. The van der Waals surface area contributed by atoms with E-state index in [1.807, 2.05) is 0 Å². The maximum Gasteiger partial charge on any atom is 0.240 e. The maximum atomic E-state index is 11.1. The van der Waals surface area contributed by atoms with E-state index in [0.29, 0.717) is 6.42 Å². The van der Waals surface area contributed by atoms with Gasteiger partial charge in [-0.3, -0.25) is 4.79 Å². The van der Waals surface area contributed by atoms with Gasteiger partial charge in [0.15, 0.2) is 0 Å². The van der Waals surface area contributed by atoms with Crippen LogP contribution in [0.1, 0.15) is 25.7 Å². The summed E-state index contributed by atoms with van der Waals surface area (Å²) in [5.74, 6) is -0.450. The Kier molecular flexibility index (Phi) is 2.69. The van der Waals surface area contributed by atoms with E-state index in [4.69, 9.17) is 16.2 Å². The molecule has 1 aliphatic rings. The number of hydrogen-bond donors (Lipinski definition) is 2. The predicted octanol–water partition coefficient (Wildman–Crippen LogP) is -0.242. The second kappa shape index (κ2) is 3.41. The van der Waals surface area contributed by atoms with Gasteiger partial charge >= 0.3 is 0 Å². The summed E-state index contributed by atoms with van der Waals surface area (Å²) in [6, 6.07) is 0. The van der Waals surface area contributed by atoms with Gasteiger partial charge in [0.1, 0.15) is 5.54 Å². The molecule has 0 aliphatic heterocycles. The van der Waals surface area contributed by atoms with Gasteiger partial charge in [0.05, 0.1) is 6.10 Å². The molecule has 4 heteroatoms. The number of nitrogens with two attached hydrogens (primary N) is 2. The summed E-state index contributed by atoms with van der Waals surface area (Å²) in [6.07, 6.45) is 3.28. The number of methoxy groups -OCH3 is 1. The van der Waals surface area contributed by atoms with Crippen LogP contribution in [0.25, 0.3) is 0 Å². The number of primary amides is 1. The van der Waals surface area contributed by atoms with Gasteiger partial charge in [-0.25, -0.2) is 0 Å². The summed E-state index contributed by atoms with van der Waals surface area (Å²) >= 11 is 0. The van der Waals surface area contributed by atoms with Crippen molar-refractivity contribution < 1.29 is 9.53 Å². The van der Waals surface area contributed by atoms with Gasteiger partial charge in [0.25, 0.3) is 0 Å². The quantitative estimate of drug-likeness (QED) is 0.603. The number of rotatable bonds is 2. The van der Waals surface area contributed by atoms with E-state index in [9.17, 15) is 4.79 Å². The lowest BCUT2D eigenvalue weighted by molar-refractivity contribution is -0.130. The Bertz CT molecular complexity index is 184. The van der Waals surface area contributed by atoms with Crippen LogP contribution in [0.2, 0.25) is 0 Å². The average Bonchev–Trinajstić information content (AvgIpc) is 2.05. The molecule has 0 aromatic carbocycles. The highest BCUT2D eigenvalue weighted by Gasteiger charge is 2.42.